The first-order valence-corrected chi connectivity index (χ1v) is 11.4. The van der Waals surface area contributed by atoms with Crippen LogP contribution in [-0.4, -0.2) is 77.3 Å². The molecule has 0 aromatic rings. The molecule has 10 nitrogen and oxygen atoms in total. The topological polar surface area (TPSA) is 177 Å². The smallest absolute Gasteiger partial charge is 0.326 e. The van der Waals surface area contributed by atoms with Gasteiger partial charge in [-0.2, -0.15) is 24.4 Å². The monoisotopic (exact) mass is 451 g/mol. The Hall–Kier alpha value is -1.50. The lowest BCUT2D eigenvalue weighted by molar-refractivity contribution is -0.142. The highest BCUT2D eigenvalue weighted by atomic mass is 32.2. The highest BCUT2D eigenvalue weighted by Gasteiger charge is 2.29. The fraction of sp³-hybridized carbons (Fsp3) is 0.765. The van der Waals surface area contributed by atoms with Crippen LogP contribution in [0.25, 0.3) is 0 Å². The van der Waals surface area contributed by atoms with Crippen molar-refractivity contribution in [3.63, 3.8) is 0 Å². The predicted octanol–water partition coefficient (Wildman–Crippen LogP) is -1.32. The lowest BCUT2D eigenvalue weighted by Gasteiger charge is -2.24. The fourth-order valence-electron chi connectivity index (χ4n) is 2.30. The molecule has 29 heavy (non-hydrogen) atoms. The van der Waals surface area contributed by atoms with Crippen LogP contribution in [0.5, 0.6) is 0 Å². The second kappa shape index (κ2) is 15.4. The fourth-order valence-corrected chi connectivity index (χ4v) is 3.03. The number of carbonyl (C=O) groups is 4. The summed E-state index contributed by atoms with van der Waals surface area (Å²) in [6.45, 7) is 1.91. The van der Waals surface area contributed by atoms with Crippen molar-refractivity contribution in [2.24, 2.45) is 11.5 Å². The number of hydrogen-bond donors (Lipinski definition) is 7. The van der Waals surface area contributed by atoms with Gasteiger partial charge in [0.25, 0.3) is 0 Å². The molecule has 0 aliphatic carbocycles. The zero-order valence-electron chi connectivity index (χ0n) is 16.8. The van der Waals surface area contributed by atoms with Gasteiger partial charge in [0, 0.05) is 5.75 Å². The number of thioether (sulfide) groups is 1. The minimum Gasteiger partial charge on any atom is -0.480 e. The van der Waals surface area contributed by atoms with Crippen molar-refractivity contribution in [1.82, 2.24) is 16.0 Å². The third-order valence-corrected chi connectivity index (χ3v) is 5.04. The maximum atomic E-state index is 12.6. The van der Waals surface area contributed by atoms with Gasteiger partial charge in [0.1, 0.15) is 18.1 Å². The van der Waals surface area contributed by atoms with E-state index in [0.717, 1.165) is 0 Å². The molecular formula is C17H33N5O5S2. The van der Waals surface area contributed by atoms with Gasteiger partial charge in [0.2, 0.25) is 17.7 Å². The summed E-state index contributed by atoms with van der Waals surface area (Å²) in [4.78, 5) is 48.3. The van der Waals surface area contributed by atoms with Gasteiger partial charge < -0.3 is 32.5 Å². The second-order valence-electron chi connectivity index (χ2n) is 6.56. The van der Waals surface area contributed by atoms with E-state index in [1.165, 1.54) is 18.7 Å². The highest BCUT2D eigenvalue weighted by Crippen LogP contribution is 2.06. The number of carboxylic acids is 1. The summed E-state index contributed by atoms with van der Waals surface area (Å²) in [5.74, 6) is -2.29. The van der Waals surface area contributed by atoms with E-state index in [0.29, 0.717) is 25.1 Å². The molecule has 0 radical (unpaired) electrons. The van der Waals surface area contributed by atoms with Gasteiger partial charge >= 0.3 is 5.97 Å². The van der Waals surface area contributed by atoms with Crippen molar-refractivity contribution in [1.29, 1.82) is 0 Å². The van der Waals surface area contributed by atoms with Crippen molar-refractivity contribution in [3.05, 3.63) is 0 Å². The lowest BCUT2D eigenvalue weighted by Crippen LogP contribution is -2.57. The molecule has 12 heteroatoms. The van der Waals surface area contributed by atoms with E-state index < -0.39 is 47.9 Å². The molecule has 4 unspecified atom stereocenters. The number of nitrogens with one attached hydrogen (secondary N) is 3. The molecule has 0 rings (SSSR count). The molecule has 0 aliphatic heterocycles. The third-order valence-electron chi connectivity index (χ3n) is 4.03. The summed E-state index contributed by atoms with van der Waals surface area (Å²) in [5, 5.41) is 16.8. The molecule has 0 fully saturated rings. The van der Waals surface area contributed by atoms with Crippen LogP contribution in [0, 0.1) is 0 Å². The maximum absolute atomic E-state index is 12.6. The summed E-state index contributed by atoms with van der Waals surface area (Å²) in [6, 6.07) is -3.79. The van der Waals surface area contributed by atoms with Gasteiger partial charge in [-0.3, -0.25) is 14.4 Å². The van der Waals surface area contributed by atoms with Crippen molar-refractivity contribution >= 4 is 48.1 Å². The van der Waals surface area contributed by atoms with Gasteiger partial charge in [0.15, 0.2) is 0 Å². The molecule has 3 amide bonds. The largest absolute Gasteiger partial charge is 0.480 e. The van der Waals surface area contributed by atoms with Gasteiger partial charge in [-0.1, -0.05) is 0 Å². The Kier molecular flexibility index (Phi) is 14.6. The number of unbranched alkanes of at least 4 members (excludes halogenated alkanes) is 1. The Morgan fingerprint density at radius 2 is 1.52 bits per heavy atom. The number of carboxylic acid groups (broad SMARTS) is 1. The predicted molar refractivity (Wildman–Crippen MR) is 117 cm³/mol. The lowest BCUT2D eigenvalue weighted by atomic mass is 10.1. The van der Waals surface area contributed by atoms with Crippen LogP contribution in [0.4, 0.5) is 0 Å². The number of aliphatic carboxylic acids is 1. The Morgan fingerprint density at radius 3 is 2.00 bits per heavy atom. The molecule has 0 spiro atoms. The van der Waals surface area contributed by atoms with E-state index in [1.54, 1.807) is 0 Å². The minimum atomic E-state index is -1.14. The zero-order chi connectivity index (χ0) is 22.4. The molecule has 0 saturated carbocycles. The van der Waals surface area contributed by atoms with Crippen LogP contribution < -0.4 is 27.4 Å². The van der Waals surface area contributed by atoms with Gasteiger partial charge in [0.05, 0.1) is 6.04 Å². The van der Waals surface area contributed by atoms with Crippen LogP contribution in [0.3, 0.4) is 0 Å². The van der Waals surface area contributed by atoms with Crippen LogP contribution in [0.1, 0.15) is 32.6 Å². The van der Waals surface area contributed by atoms with Crippen molar-refractivity contribution in [2.75, 3.05) is 24.3 Å². The first kappa shape index (κ1) is 27.5. The highest BCUT2D eigenvalue weighted by molar-refractivity contribution is 7.98. The Labute approximate surface area is 181 Å². The zero-order valence-corrected chi connectivity index (χ0v) is 18.6. The Bertz CT molecular complexity index is 550. The van der Waals surface area contributed by atoms with Crippen LogP contribution in [0.15, 0.2) is 0 Å². The van der Waals surface area contributed by atoms with Crippen LogP contribution in [0.2, 0.25) is 0 Å². The van der Waals surface area contributed by atoms with E-state index in [4.69, 9.17) is 11.5 Å². The normalized spacial score (nSPS) is 14.9. The second-order valence-corrected chi connectivity index (χ2v) is 7.91. The number of amides is 3. The minimum absolute atomic E-state index is 0.00685. The van der Waals surface area contributed by atoms with E-state index in [1.807, 2.05) is 6.26 Å². The number of thiol groups is 1. The number of rotatable bonds is 15. The van der Waals surface area contributed by atoms with E-state index >= 15 is 0 Å². The van der Waals surface area contributed by atoms with Crippen molar-refractivity contribution in [3.8, 4) is 0 Å². The molecule has 4 atom stereocenters. The maximum Gasteiger partial charge on any atom is 0.326 e. The summed E-state index contributed by atoms with van der Waals surface area (Å²) in [6.07, 6.45) is 3.59. The van der Waals surface area contributed by atoms with Crippen LogP contribution in [-0.2, 0) is 19.2 Å². The molecule has 0 bridgehead atoms. The molecular weight excluding hydrogens is 418 g/mol. The number of hydrogen-bond acceptors (Lipinski definition) is 8. The molecule has 0 aromatic carbocycles. The summed E-state index contributed by atoms with van der Waals surface area (Å²) < 4.78 is 0. The van der Waals surface area contributed by atoms with Gasteiger partial charge in [-0.25, -0.2) is 4.79 Å². The van der Waals surface area contributed by atoms with E-state index in [9.17, 15) is 24.3 Å². The molecule has 0 aromatic heterocycles. The average Bonchev–Trinajstić information content (AvgIpc) is 2.67. The first-order chi connectivity index (χ1) is 13.7. The number of nitrogens with two attached hydrogens (primary N) is 2. The van der Waals surface area contributed by atoms with Crippen molar-refractivity contribution in [2.45, 2.75) is 56.8 Å². The molecule has 168 valence electrons. The summed E-state index contributed by atoms with van der Waals surface area (Å²) >= 11 is 5.53. The van der Waals surface area contributed by atoms with Crippen LogP contribution >= 0.6 is 24.4 Å². The first-order valence-electron chi connectivity index (χ1n) is 9.37. The Morgan fingerprint density at radius 1 is 0.966 bits per heavy atom. The van der Waals surface area contributed by atoms with Gasteiger partial charge in [-0.15, -0.1) is 0 Å². The molecule has 8 N–H and O–H groups in total. The standard InChI is InChI=1S/C17H33N5O5S2/c1-10(19)14(23)22-13(9-28)16(25)20-11(5-3-4-7-18)15(24)21-12(17(26)27)6-8-29-2/h10-13,28H,3-9,18-19H2,1-2H3,(H,20,25)(H,21,24)(H,22,23)(H,26,27). The SMILES string of the molecule is CSCCC(NC(=O)C(CCCCN)NC(=O)C(CS)NC(=O)C(C)N)C(=O)O. The quantitative estimate of drug-likeness (QED) is 0.118. The summed E-state index contributed by atoms with van der Waals surface area (Å²) in [7, 11) is 0. The Balaban J connectivity index is 5.17. The molecule has 0 aliphatic rings. The van der Waals surface area contributed by atoms with E-state index in [-0.39, 0.29) is 18.6 Å². The molecule has 0 heterocycles. The molecule has 0 saturated heterocycles. The third kappa shape index (κ3) is 11.3. The van der Waals surface area contributed by atoms with Crippen molar-refractivity contribution < 1.29 is 24.3 Å². The summed E-state index contributed by atoms with van der Waals surface area (Å²) in [5.41, 5.74) is 11.0. The van der Waals surface area contributed by atoms with E-state index in [2.05, 4.69) is 28.6 Å². The number of carbonyl (C=O) groups excluding carboxylic acids is 3. The average molecular weight is 452 g/mol. The van der Waals surface area contributed by atoms with Gasteiger partial charge in [-0.05, 0) is 51.2 Å².